The van der Waals surface area contributed by atoms with Crippen molar-refractivity contribution in [3.05, 3.63) is 47.6 Å². The third kappa shape index (κ3) is 2.19. The van der Waals surface area contributed by atoms with Gasteiger partial charge in [0.2, 0.25) is 5.88 Å². The predicted molar refractivity (Wildman–Crippen MR) is 57.4 cm³/mol. The van der Waals surface area contributed by atoms with Crippen LogP contribution >= 0.6 is 11.6 Å². The summed E-state index contributed by atoms with van der Waals surface area (Å²) in [4.78, 5) is 3.98. The summed E-state index contributed by atoms with van der Waals surface area (Å²) in [5.74, 6) is 0.811. The maximum Gasteiger partial charge on any atom is 0.219 e. The molecule has 1 N–H and O–H groups in total. The Balaban J connectivity index is 2.29. The second kappa shape index (κ2) is 4.19. The van der Waals surface area contributed by atoms with Crippen molar-refractivity contribution in [2.45, 2.75) is 0 Å². The Labute approximate surface area is 91.9 Å². The van der Waals surface area contributed by atoms with Crippen molar-refractivity contribution in [1.29, 1.82) is 0 Å². The molecule has 0 aliphatic heterocycles. The van der Waals surface area contributed by atoms with E-state index in [-0.39, 0.29) is 10.8 Å². The lowest BCUT2D eigenvalue weighted by atomic mass is 10.3. The molecular weight excluding hydrogens is 214 g/mol. The number of rotatable bonds is 2. The topological polar surface area (TPSA) is 42.4 Å². The zero-order valence-corrected chi connectivity index (χ0v) is 8.48. The molecule has 0 fully saturated rings. The summed E-state index contributed by atoms with van der Waals surface area (Å²) in [7, 11) is 0. The lowest BCUT2D eigenvalue weighted by Crippen LogP contribution is -1.87. The van der Waals surface area contributed by atoms with Gasteiger partial charge in [0.25, 0.3) is 0 Å². The number of phenols is 1. The minimum Gasteiger partial charge on any atom is -0.506 e. The third-order valence-electron chi connectivity index (χ3n) is 1.80. The van der Waals surface area contributed by atoms with Crippen molar-refractivity contribution in [2.75, 3.05) is 0 Å². The molecule has 2 rings (SSSR count). The summed E-state index contributed by atoms with van der Waals surface area (Å²) >= 11 is 5.84. The number of ether oxygens (including phenoxy) is 1. The molecule has 0 aliphatic carbocycles. The molecule has 0 bridgehead atoms. The molecule has 0 spiro atoms. The van der Waals surface area contributed by atoms with Gasteiger partial charge in [-0.1, -0.05) is 23.7 Å². The van der Waals surface area contributed by atoms with E-state index in [0.29, 0.717) is 11.6 Å². The summed E-state index contributed by atoms with van der Waals surface area (Å²) in [6.45, 7) is 0. The summed E-state index contributed by atoms with van der Waals surface area (Å²) in [6.07, 6.45) is 1.62. The highest BCUT2D eigenvalue weighted by atomic mass is 35.5. The van der Waals surface area contributed by atoms with E-state index in [4.69, 9.17) is 16.3 Å². The standard InChI is InChI=1S/C11H8ClNO2/c12-11-8(14)4-3-5-9(11)15-10-6-1-2-7-13-10/h1-7,14H. The first kappa shape index (κ1) is 9.80. The molecule has 0 amide bonds. The van der Waals surface area contributed by atoms with E-state index in [2.05, 4.69) is 4.98 Å². The Morgan fingerprint density at radius 1 is 1.13 bits per heavy atom. The molecule has 1 aromatic carbocycles. The minimum atomic E-state index is -0.00917. The van der Waals surface area contributed by atoms with Gasteiger partial charge in [0.05, 0.1) is 0 Å². The number of hydrogen-bond acceptors (Lipinski definition) is 3. The van der Waals surface area contributed by atoms with Crippen LogP contribution < -0.4 is 4.74 Å². The van der Waals surface area contributed by atoms with Crippen LogP contribution in [0.3, 0.4) is 0 Å². The van der Waals surface area contributed by atoms with Gasteiger partial charge in [-0.05, 0) is 18.2 Å². The Morgan fingerprint density at radius 2 is 2.00 bits per heavy atom. The van der Waals surface area contributed by atoms with Gasteiger partial charge in [-0.25, -0.2) is 4.98 Å². The summed E-state index contributed by atoms with van der Waals surface area (Å²) in [5.41, 5.74) is 0. The number of pyridine rings is 1. The lowest BCUT2D eigenvalue weighted by Gasteiger charge is -2.06. The van der Waals surface area contributed by atoms with Crippen molar-refractivity contribution in [3.63, 3.8) is 0 Å². The molecule has 15 heavy (non-hydrogen) atoms. The molecule has 4 heteroatoms. The molecule has 0 saturated carbocycles. The Kier molecular flexibility index (Phi) is 2.74. The fourth-order valence-electron chi connectivity index (χ4n) is 1.10. The first-order valence-corrected chi connectivity index (χ1v) is 4.71. The van der Waals surface area contributed by atoms with E-state index in [0.717, 1.165) is 0 Å². The van der Waals surface area contributed by atoms with Gasteiger partial charge in [-0.15, -0.1) is 0 Å². The van der Waals surface area contributed by atoms with Crippen LogP contribution in [0.5, 0.6) is 17.4 Å². The van der Waals surface area contributed by atoms with Crippen LogP contribution in [0.15, 0.2) is 42.6 Å². The zero-order valence-electron chi connectivity index (χ0n) is 7.72. The number of hydrogen-bond donors (Lipinski definition) is 1. The fourth-order valence-corrected chi connectivity index (χ4v) is 1.26. The van der Waals surface area contributed by atoms with Crippen LogP contribution in [0.2, 0.25) is 5.02 Å². The number of aromatic hydroxyl groups is 1. The van der Waals surface area contributed by atoms with Crippen LogP contribution in [-0.2, 0) is 0 Å². The molecule has 0 radical (unpaired) electrons. The lowest BCUT2D eigenvalue weighted by molar-refractivity contribution is 0.446. The molecule has 1 heterocycles. The Bertz CT molecular complexity index is 459. The van der Waals surface area contributed by atoms with E-state index >= 15 is 0 Å². The Hall–Kier alpha value is -1.74. The second-order valence-electron chi connectivity index (χ2n) is 2.86. The van der Waals surface area contributed by atoms with E-state index < -0.39 is 0 Å². The summed E-state index contributed by atoms with van der Waals surface area (Å²) in [6, 6.07) is 10.1. The average Bonchev–Trinajstić information content (AvgIpc) is 2.26. The van der Waals surface area contributed by atoms with Crippen LogP contribution in [0, 0.1) is 0 Å². The fraction of sp³-hybridized carbons (Fsp3) is 0. The SMILES string of the molecule is Oc1cccc(Oc2ccccn2)c1Cl. The summed E-state index contributed by atoms with van der Waals surface area (Å²) < 4.78 is 5.39. The third-order valence-corrected chi connectivity index (χ3v) is 2.18. The highest BCUT2D eigenvalue weighted by molar-refractivity contribution is 6.33. The number of phenolic OH excluding ortho intramolecular Hbond substituents is 1. The van der Waals surface area contributed by atoms with Gasteiger partial charge in [0, 0.05) is 12.3 Å². The van der Waals surface area contributed by atoms with Gasteiger partial charge in [0.1, 0.15) is 10.8 Å². The van der Waals surface area contributed by atoms with Crippen LogP contribution in [0.1, 0.15) is 0 Å². The normalized spacial score (nSPS) is 9.93. The zero-order chi connectivity index (χ0) is 10.7. The Morgan fingerprint density at radius 3 is 2.73 bits per heavy atom. The number of aromatic nitrogens is 1. The van der Waals surface area contributed by atoms with Gasteiger partial charge in [0.15, 0.2) is 5.75 Å². The van der Waals surface area contributed by atoms with Gasteiger partial charge in [-0.3, -0.25) is 0 Å². The quantitative estimate of drug-likeness (QED) is 0.847. The van der Waals surface area contributed by atoms with Crippen molar-refractivity contribution >= 4 is 11.6 Å². The van der Waals surface area contributed by atoms with E-state index in [1.54, 1.807) is 36.5 Å². The predicted octanol–water partition coefficient (Wildman–Crippen LogP) is 3.23. The van der Waals surface area contributed by atoms with Gasteiger partial charge >= 0.3 is 0 Å². The molecule has 2 aromatic rings. The highest BCUT2D eigenvalue weighted by Crippen LogP contribution is 2.34. The molecule has 1 aromatic heterocycles. The molecule has 0 atom stereocenters. The number of halogens is 1. The maximum atomic E-state index is 9.35. The van der Waals surface area contributed by atoms with Crippen molar-refractivity contribution in [2.24, 2.45) is 0 Å². The minimum absolute atomic E-state index is 0.00917. The first-order chi connectivity index (χ1) is 7.27. The largest absolute Gasteiger partial charge is 0.506 e. The first-order valence-electron chi connectivity index (χ1n) is 4.34. The van der Waals surface area contributed by atoms with E-state index in [9.17, 15) is 5.11 Å². The van der Waals surface area contributed by atoms with Crippen LogP contribution in [0.4, 0.5) is 0 Å². The maximum absolute atomic E-state index is 9.35. The molecule has 3 nitrogen and oxygen atoms in total. The van der Waals surface area contributed by atoms with Crippen molar-refractivity contribution in [3.8, 4) is 17.4 Å². The van der Waals surface area contributed by atoms with Crippen molar-refractivity contribution < 1.29 is 9.84 Å². The monoisotopic (exact) mass is 221 g/mol. The molecular formula is C11H8ClNO2. The highest BCUT2D eigenvalue weighted by Gasteiger charge is 2.06. The van der Waals surface area contributed by atoms with E-state index in [1.807, 2.05) is 0 Å². The van der Waals surface area contributed by atoms with Crippen LogP contribution in [-0.4, -0.2) is 10.1 Å². The molecule has 76 valence electrons. The van der Waals surface area contributed by atoms with Gasteiger partial charge < -0.3 is 9.84 Å². The molecule has 0 unspecified atom stereocenters. The molecule has 0 aliphatic rings. The number of nitrogens with zero attached hydrogens (tertiary/aromatic N) is 1. The van der Waals surface area contributed by atoms with Crippen LogP contribution in [0.25, 0.3) is 0 Å². The van der Waals surface area contributed by atoms with Crippen molar-refractivity contribution in [1.82, 2.24) is 4.98 Å². The van der Waals surface area contributed by atoms with E-state index in [1.165, 1.54) is 6.07 Å². The average molecular weight is 222 g/mol. The second-order valence-corrected chi connectivity index (χ2v) is 3.24. The van der Waals surface area contributed by atoms with Gasteiger partial charge in [-0.2, -0.15) is 0 Å². The molecule has 0 saturated heterocycles. The number of benzene rings is 1. The smallest absolute Gasteiger partial charge is 0.219 e. The summed E-state index contributed by atoms with van der Waals surface area (Å²) in [5, 5.41) is 9.53.